The van der Waals surface area contributed by atoms with Crippen LogP contribution in [-0.4, -0.2) is 83.8 Å². The van der Waals surface area contributed by atoms with E-state index >= 15 is 0 Å². The minimum absolute atomic E-state index is 0.363. The van der Waals surface area contributed by atoms with Gasteiger partial charge in [0.15, 0.2) is 12.2 Å². The Balaban J connectivity index is 2.05. The molecule has 0 saturated carbocycles. The average molecular weight is 484 g/mol. The zero-order valence-electron chi connectivity index (χ0n) is 21.8. The van der Waals surface area contributed by atoms with Crippen LogP contribution >= 0.6 is 0 Å². The number of aliphatic hydroxyl groups is 2. The molecule has 2 amide bonds. The summed E-state index contributed by atoms with van der Waals surface area (Å²) in [6.45, 7) is 10.4. The fraction of sp³-hybridized carbons (Fsp3) is 0.500. The summed E-state index contributed by atoms with van der Waals surface area (Å²) in [4.78, 5) is 30.3. The Labute approximate surface area is 210 Å². The molecule has 2 unspecified atom stereocenters. The number of anilines is 1. The summed E-state index contributed by atoms with van der Waals surface area (Å²) in [7, 11) is 1.57. The molecule has 0 radical (unpaired) electrons. The number of amides is 2. The highest BCUT2D eigenvalue weighted by Crippen LogP contribution is 2.25. The predicted octanol–water partition coefficient (Wildman–Crippen LogP) is 3.32. The van der Waals surface area contributed by atoms with Crippen LogP contribution < -0.4 is 4.90 Å². The fourth-order valence-corrected chi connectivity index (χ4v) is 3.95. The van der Waals surface area contributed by atoms with Gasteiger partial charge in [-0.1, -0.05) is 55.3 Å². The molecule has 2 aromatic rings. The van der Waals surface area contributed by atoms with Crippen LogP contribution in [0, 0.1) is 6.92 Å². The van der Waals surface area contributed by atoms with Gasteiger partial charge in [0.1, 0.15) is 0 Å². The maximum Gasteiger partial charge on any atom is 0.254 e. The summed E-state index contributed by atoms with van der Waals surface area (Å²) in [5.41, 5.74) is 4.52. The molecule has 2 aromatic carbocycles. The lowest BCUT2D eigenvalue weighted by atomic mass is 10.0. The first-order valence-corrected chi connectivity index (χ1v) is 12.5. The summed E-state index contributed by atoms with van der Waals surface area (Å²) < 4.78 is 0. The van der Waals surface area contributed by atoms with Crippen molar-refractivity contribution in [2.45, 2.75) is 52.7 Å². The first-order valence-electron chi connectivity index (χ1n) is 12.5. The van der Waals surface area contributed by atoms with Crippen LogP contribution in [0.1, 0.15) is 39.2 Å². The molecular formula is C28H41N3O4. The highest BCUT2D eigenvalue weighted by molar-refractivity contribution is 5.90. The largest absolute Gasteiger partial charge is 0.380 e. The third-order valence-electron chi connectivity index (χ3n) is 6.34. The Morgan fingerprint density at radius 1 is 0.829 bits per heavy atom. The topological polar surface area (TPSA) is 84.3 Å². The van der Waals surface area contributed by atoms with Crippen LogP contribution in [0.3, 0.4) is 0 Å². The van der Waals surface area contributed by atoms with Gasteiger partial charge in [-0.15, -0.1) is 0 Å². The number of unbranched alkanes of at least 4 members (excludes halogenated alkanes) is 1. The number of benzene rings is 2. The molecule has 0 fully saturated rings. The highest BCUT2D eigenvalue weighted by Gasteiger charge is 2.34. The SMILES string of the molecule is CCCCN(C)C(=O)C(O)C(O)C(=O)N(CC)CCN(CC)c1cccc(-c2ccc(C)cc2)c1. The van der Waals surface area contributed by atoms with Crippen LogP contribution in [0.5, 0.6) is 0 Å². The van der Waals surface area contributed by atoms with Gasteiger partial charge in [0.2, 0.25) is 0 Å². The Bertz CT molecular complexity index is 947. The van der Waals surface area contributed by atoms with Crippen molar-refractivity contribution >= 4 is 17.5 Å². The number of hydrogen-bond acceptors (Lipinski definition) is 5. The van der Waals surface area contributed by atoms with Crippen molar-refractivity contribution in [1.29, 1.82) is 0 Å². The number of nitrogens with zero attached hydrogens (tertiary/aromatic N) is 3. The minimum Gasteiger partial charge on any atom is -0.380 e. The van der Waals surface area contributed by atoms with Crippen molar-refractivity contribution in [2.75, 3.05) is 44.7 Å². The van der Waals surface area contributed by atoms with Gasteiger partial charge in [-0.3, -0.25) is 9.59 Å². The standard InChI is InChI=1S/C28H41N3O4/c1-6-9-17-29(5)27(34)25(32)26(33)28(35)31(8-3)19-18-30(7-2)24-12-10-11-23(20-24)22-15-13-21(4)14-16-22/h10-16,20,25-26,32-33H,6-9,17-19H2,1-5H3. The monoisotopic (exact) mass is 483 g/mol. The van der Waals surface area contributed by atoms with E-state index in [0.717, 1.165) is 36.2 Å². The van der Waals surface area contributed by atoms with Gasteiger partial charge < -0.3 is 24.9 Å². The molecule has 0 bridgehead atoms. The van der Waals surface area contributed by atoms with E-state index in [2.05, 4.69) is 55.1 Å². The van der Waals surface area contributed by atoms with E-state index in [-0.39, 0.29) is 0 Å². The molecule has 0 spiro atoms. The minimum atomic E-state index is -1.79. The van der Waals surface area contributed by atoms with Crippen molar-refractivity contribution in [3.63, 3.8) is 0 Å². The number of carbonyl (C=O) groups is 2. The molecule has 2 rings (SSSR count). The van der Waals surface area contributed by atoms with Crippen molar-refractivity contribution in [3.8, 4) is 11.1 Å². The first kappa shape index (κ1) is 28.3. The molecule has 35 heavy (non-hydrogen) atoms. The molecule has 0 saturated heterocycles. The third-order valence-corrected chi connectivity index (χ3v) is 6.34. The van der Waals surface area contributed by atoms with E-state index in [4.69, 9.17) is 0 Å². The number of aryl methyl sites for hydroxylation is 1. The van der Waals surface area contributed by atoms with Crippen LogP contribution in [0.2, 0.25) is 0 Å². The van der Waals surface area contributed by atoms with Gasteiger partial charge in [0.25, 0.3) is 11.8 Å². The molecule has 2 atom stereocenters. The van der Waals surface area contributed by atoms with Crippen LogP contribution in [0.25, 0.3) is 11.1 Å². The lowest BCUT2D eigenvalue weighted by Crippen LogP contribution is -2.52. The van der Waals surface area contributed by atoms with Gasteiger partial charge in [-0.25, -0.2) is 0 Å². The van der Waals surface area contributed by atoms with Crippen molar-refractivity contribution < 1.29 is 19.8 Å². The normalized spacial score (nSPS) is 12.7. The predicted molar refractivity (Wildman–Crippen MR) is 141 cm³/mol. The van der Waals surface area contributed by atoms with Crippen LogP contribution in [-0.2, 0) is 9.59 Å². The zero-order valence-corrected chi connectivity index (χ0v) is 21.8. The zero-order chi connectivity index (χ0) is 26.0. The van der Waals surface area contributed by atoms with Gasteiger partial charge in [-0.2, -0.15) is 0 Å². The molecule has 192 valence electrons. The summed E-state index contributed by atoms with van der Waals surface area (Å²) in [5.74, 6) is -1.28. The Kier molecular flexibility index (Phi) is 11.2. The van der Waals surface area contributed by atoms with Crippen LogP contribution in [0.15, 0.2) is 48.5 Å². The lowest BCUT2D eigenvalue weighted by Gasteiger charge is -2.30. The molecule has 7 heteroatoms. The number of rotatable bonds is 13. The van der Waals surface area contributed by atoms with Crippen LogP contribution in [0.4, 0.5) is 5.69 Å². The van der Waals surface area contributed by atoms with Crippen molar-refractivity contribution in [3.05, 3.63) is 54.1 Å². The summed E-state index contributed by atoms with van der Waals surface area (Å²) >= 11 is 0. The molecule has 0 aliphatic rings. The maximum absolute atomic E-state index is 12.9. The molecular weight excluding hydrogens is 442 g/mol. The average Bonchev–Trinajstić information content (AvgIpc) is 2.88. The second-order valence-electron chi connectivity index (χ2n) is 8.92. The first-order chi connectivity index (χ1) is 16.7. The summed E-state index contributed by atoms with van der Waals surface area (Å²) in [5, 5.41) is 20.8. The molecule has 7 nitrogen and oxygen atoms in total. The smallest absolute Gasteiger partial charge is 0.254 e. The van der Waals surface area contributed by atoms with Gasteiger partial charge in [0.05, 0.1) is 0 Å². The van der Waals surface area contributed by atoms with Crippen molar-refractivity contribution in [2.24, 2.45) is 0 Å². The van der Waals surface area contributed by atoms with E-state index in [1.807, 2.05) is 26.0 Å². The highest BCUT2D eigenvalue weighted by atomic mass is 16.3. The maximum atomic E-state index is 12.9. The van der Waals surface area contributed by atoms with Crippen molar-refractivity contribution in [1.82, 2.24) is 9.80 Å². The van der Waals surface area contributed by atoms with Gasteiger partial charge in [-0.05, 0) is 50.5 Å². The number of carbonyl (C=O) groups excluding carboxylic acids is 2. The Morgan fingerprint density at radius 2 is 1.49 bits per heavy atom. The van der Waals surface area contributed by atoms with E-state index in [0.29, 0.717) is 26.2 Å². The van der Waals surface area contributed by atoms with E-state index in [1.165, 1.54) is 15.4 Å². The lowest BCUT2D eigenvalue weighted by molar-refractivity contribution is -0.157. The number of aliphatic hydroxyl groups excluding tert-OH is 2. The quantitative estimate of drug-likeness (QED) is 0.457. The van der Waals surface area contributed by atoms with Gasteiger partial charge in [0, 0.05) is 45.5 Å². The summed E-state index contributed by atoms with van der Waals surface area (Å²) in [6, 6.07) is 16.7. The van der Waals surface area contributed by atoms with Gasteiger partial charge >= 0.3 is 0 Å². The fourth-order valence-electron chi connectivity index (χ4n) is 3.95. The molecule has 0 aliphatic heterocycles. The Hall–Kier alpha value is -2.90. The molecule has 2 N–H and O–H groups in total. The number of hydrogen-bond donors (Lipinski definition) is 2. The molecule has 0 aliphatic carbocycles. The third kappa shape index (κ3) is 7.80. The van der Waals surface area contributed by atoms with E-state index < -0.39 is 24.0 Å². The van der Waals surface area contributed by atoms with E-state index in [1.54, 1.807) is 7.05 Å². The second-order valence-corrected chi connectivity index (χ2v) is 8.92. The number of likely N-dealkylation sites (N-methyl/N-ethyl adjacent to an activating group) is 3. The molecule has 0 heterocycles. The van der Waals surface area contributed by atoms with E-state index in [9.17, 15) is 19.8 Å². The summed E-state index contributed by atoms with van der Waals surface area (Å²) in [6.07, 6.45) is -1.86. The Morgan fingerprint density at radius 3 is 2.09 bits per heavy atom. The molecule has 0 aromatic heterocycles. The second kappa shape index (κ2) is 13.9.